The molecule has 0 saturated carbocycles. The number of phenolic OH excluding ortho intramolecular Hbond substituents is 2. The number of carbonyl (C=O) groups excluding carboxylic acids is 1. The number of aliphatic imine (C=N–C) groups is 1. The zero-order valence-corrected chi connectivity index (χ0v) is 17.1. The zero-order valence-electron chi connectivity index (χ0n) is 16.3. The maximum atomic E-state index is 12.5. The van der Waals surface area contributed by atoms with Gasteiger partial charge in [-0.2, -0.15) is 0 Å². The standard InChI is InChI=1S/C22H21NO5S/c1-4-28-22(27)18-20(26)17(11-14-6-5-7-16(24)19(14)25)29-21(18)23-15-9-12(2)8-13(3)10-15/h5-11,24-26H,4H2,1-3H3/b17-11+,23-21?. The summed E-state index contributed by atoms with van der Waals surface area (Å²) in [4.78, 5) is 17.3. The number of aliphatic hydroxyl groups excluding tert-OH is 1. The highest BCUT2D eigenvalue weighted by molar-refractivity contribution is 8.18. The molecular formula is C22H21NO5S. The monoisotopic (exact) mass is 411 g/mol. The molecule has 6 nitrogen and oxygen atoms in total. The van der Waals surface area contributed by atoms with Crippen molar-refractivity contribution in [3.05, 3.63) is 69.3 Å². The summed E-state index contributed by atoms with van der Waals surface area (Å²) in [6, 6.07) is 10.3. The van der Waals surface area contributed by atoms with E-state index in [4.69, 9.17) is 4.74 Å². The van der Waals surface area contributed by atoms with Crippen LogP contribution in [0.4, 0.5) is 5.69 Å². The molecule has 0 fully saturated rings. The third-order valence-electron chi connectivity index (χ3n) is 4.14. The first-order chi connectivity index (χ1) is 13.8. The second-order valence-corrected chi connectivity index (χ2v) is 7.56. The number of carbonyl (C=O) groups is 1. The fourth-order valence-corrected chi connectivity index (χ4v) is 3.96. The van der Waals surface area contributed by atoms with Crippen LogP contribution >= 0.6 is 11.8 Å². The minimum Gasteiger partial charge on any atom is -0.506 e. The maximum Gasteiger partial charge on any atom is 0.344 e. The van der Waals surface area contributed by atoms with Crippen molar-refractivity contribution in [2.75, 3.05) is 6.61 Å². The zero-order chi connectivity index (χ0) is 21.1. The Bertz CT molecular complexity index is 1050. The number of aliphatic hydroxyl groups is 1. The second-order valence-electron chi connectivity index (χ2n) is 6.53. The Morgan fingerprint density at radius 3 is 2.48 bits per heavy atom. The molecule has 1 aliphatic rings. The molecule has 0 radical (unpaired) electrons. The average molecular weight is 411 g/mol. The molecule has 150 valence electrons. The highest BCUT2D eigenvalue weighted by Crippen LogP contribution is 2.42. The summed E-state index contributed by atoms with van der Waals surface area (Å²) in [6.45, 7) is 5.74. The molecule has 1 heterocycles. The lowest BCUT2D eigenvalue weighted by Gasteiger charge is -2.05. The number of thioether (sulfide) groups is 1. The van der Waals surface area contributed by atoms with Crippen molar-refractivity contribution in [2.45, 2.75) is 20.8 Å². The van der Waals surface area contributed by atoms with Crippen LogP contribution in [0.2, 0.25) is 0 Å². The topological polar surface area (TPSA) is 99.4 Å². The number of phenols is 2. The average Bonchev–Trinajstić information content (AvgIpc) is 2.93. The molecule has 3 N–H and O–H groups in total. The van der Waals surface area contributed by atoms with Gasteiger partial charge in [0, 0.05) is 5.56 Å². The van der Waals surface area contributed by atoms with E-state index in [0.29, 0.717) is 21.2 Å². The molecule has 1 aliphatic heterocycles. The van der Waals surface area contributed by atoms with Crippen molar-refractivity contribution in [1.82, 2.24) is 0 Å². The number of nitrogens with zero attached hydrogens (tertiary/aromatic N) is 1. The van der Waals surface area contributed by atoms with Crippen LogP contribution in [-0.2, 0) is 9.53 Å². The van der Waals surface area contributed by atoms with Crippen LogP contribution in [0.3, 0.4) is 0 Å². The molecule has 3 rings (SSSR count). The van der Waals surface area contributed by atoms with E-state index in [-0.39, 0.29) is 29.4 Å². The number of ether oxygens (including phenoxy) is 1. The van der Waals surface area contributed by atoms with E-state index >= 15 is 0 Å². The van der Waals surface area contributed by atoms with Crippen LogP contribution < -0.4 is 0 Å². The highest BCUT2D eigenvalue weighted by atomic mass is 32.2. The Hall–Kier alpha value is -3.19. The largest absolute Gasteiger partial charge is 0.506 e. The van der Waals surface area contributed by atoms with Crippen molar-refractivity contribution in [3.63, 3.8) is 0 Å². The van der Waals surface area contributed by atoms with Gasteiger partial charge in [-0.05, 0) is 56.2 Å². The first kappa shape index (κ1) is 20.5. The van der Waals surface area contributed by atoms with Crippen LogP contribution in [0.1, 0.15) is 23.6 Å². The van der Waals surface area contributed by atoms with E-state index < -0.39 is 5.97 Å². The van der Waals surface area contributed by atoms with Crippen LogP contribution in [0.5, 0.6) is 11.5 Å². The lowest BCUT2D eigenvalue weighted by Crippen LogP contribution is -2.12. The molecule has 0 amide bonds. The van der Waals surface area contributed by atoms with Crippen LogP contribution in [0, 0.1) is 13.8 Å². The molecule has 0 aliphatic carbocycles. The Kier molecular flexibility index (Phi) is 5.98. The van der Waals surface area contributed by atoms with Crippen LogP contribution in [-0.4, -0.2) is 32.9 Å². The number of hydrogen-bond donors (Lipinski definition) is 3. The molecule has 0 aromatic heterocycles. The van der Waals surface area contributed by atoms with Gasteiger partial charge in [0.05, 0.1) is 17.2 Å². The molecule has 0 saturated heterocycles. The third-order valence-corrected chi connectivity index (χ3v) is 5.16. The first-order valence-corrected chi connectivity index (χ1v) is 9.80. The molecule has 0 bridgehead atoms. The van der Waals surface area contributed by atoms with Crippen molar-refractivity contribution in [3.8, 4) is 11.5 Å². The fraction of sp³-hybridized carbons (Fsp3) is 0.182. The van der Waals surface area contributed by atoms with Gasteiger partial charge in [0.1, 0.15) is 16.4 Å². The summed E-state index contributed by atoms with van der Waals surface area (Å²) < 4.78 is 5.09. The Labute approximate surface area is 172 Å². The van der Waals surface area contributed by atoms with Gasteiger partial charge in [0.25, 0.3) is 0 Å². The van der Waals surface area contributed by atoms with Gasteiger partial charge >= 0.3 is 5.97 Å². The quantitative estimate of drug-likeness (QED) is 0.488. The summed E-state index contributed by atoms with van der Waals surface area (Å²) >= 11 is 1.09. The summed E-state index contributed by atoms with van der Waals surface area (Å²) in [5.41, 5.74) is 2.98. The van der Waals surface area contributed by atoms with Crippen LogP contribution in [0.25, 0.3) is 6.08 Å². The number of benzene rings is 2. The van der Waals surface area contributed by atoms with E-state index in [1.54, 1.807) is 19.1 Å². The van der Waals surface area contributed by atoms with Gasteiger partial charge in [0.15, 0.2) is 11.5 Å². The van der Waals surface area contributed by atoms with E-state index in [2.05, 4.69) is 4.99 Å². The Morgan fingerprint density at radius 1 is 1.14 bits per heavy atom. The van der Waals surface area contributed by atoms with Crippen molar-refractivity contribution in [1.29, 1.82) is 0 Å². The third kappa shape index (κ3) is 4.46. The first-order valence-electron chi connectivity index (χ1n) is 8.98. The predicted molar refractivity (Wildman–Crippen MR) is 115 cm³/mol. The van der Waals surface area contributed by atoms with E-state index in [9.17, 15) is 20.1 Å². The normalized spacial score (nSPS) is 16.7. The molecule has 0 unspecified atom stereocenters. The smallest absolute Gasteiger partial charge is 0.344 e. The summed E-state index contributed by atoms with van der Waals surface area (Å²) in [6.07, 6.45) is 1.48. The van der Waals surface area contributed by atoms with Crippen molar-refractivity contribution in [2.24, 2.45) is 4.99 Å². The number of aromatic hydroxyl groups is 2. The minimum atomic E-state index is -0.677. The lowest BCUT2D eigenvalue weighted by atomic mass is 10.1. The molecule has 29 heavy (non-hydrogen) atoms. The predicted octanol–water partition coefficient (Wildman–Crippen LogP) is 4.91. The summed E-state index contributed by atoms with van der Waals surface area (Å²) in [5, 5.41) is 30.7. The summed E-state index contributed by atoms with van der Waals surface area (Å²) in [7, 11) is 0. The molecule has 7 heteroatoms. The summed E-state index contributed by atoms with van der Waals surface area (Å²) in [5.74, 6) is -1.55. The number of hydrogen-bond acceptors (Lipinski definition) is 7. The van der Waals surface area contributed by atoms with Gasteiger partial charge in [-0.1, -0.05) is 30.0 Å². The number of rotatable bonds is 4. The maximum absolute atomic E-state index is 12.5. The van der Waals surface area contributed by atoms with Gasteiger partial charge in [-0.25, -0.2) is 9.79 Å². The lowest BCUT2D eigenvalue weighted by molar-refractivity contribution is -0.138. The molecule has 2 aromatic rings. The molecular weight excluding hydrogens is 390 g/mol. The van der Waals surface area contributed by atoms with Crippen LogP contribution in [0.15, 0.2) is 57.6 Å². The van der Waals surface area contributed by atoms with E-state index in [1.165, 1.54) is 12.1 Å². The van der Waals surface area contributed by atoms with Gasteiger partial charge in [-0.3, -0.25) is 0 Å². The minimum absolute atomic E-state index is 0.0260. The SMILES string of the molecule is CCOC(=O)C1=C(O)/C(=C\c2cccc(O)c2O)SC1=Nc1cc(C)cc(C)c1. The van der Waals surface area contributed by atoms with Gasteiger partial charge in [0.2, 0.25) is 0 Å². The van der Waals surface area contributed by atoms with Gasteiger partial charge in [-0.15, -0.1) is 0 Å². The highest BCUT2D eigenvalue weighted by Gasteiger charge is 2.33. The Balaban J connectivity index is 2.10. The molecule has 0 atom stereocenters. The second kappa shape index (κ2) is 8.45. The molecule has 2 aromatic carbocycles. The van der Waals surface area contributed by atoms with E-state index in [1.807, 2.05) is 32.0 Å². The fourth-order valence-electron chi connectivity index (χ4n) is 2.93. The molecule has 0 spiro atoms. The van der Waals surface area contributed by atoms with E-state index in [0.717, 1.165) is 22.9 Å². The van der Waals surface area contributed by atoms with Crippen molar-refractivity contribution >= 4 is 34.5 Å². The van der Waals surface area contributed by atoms with Gasteiger partial charge < -0.3 is 20.1 Å². The van der Waals surface area contributed by atoms with Crippen molar-refractivity contribution < 1.29 is 24.9 Å². The Morgan fingerprint density at radius 2 is 1.83 bits per heavy atom. The number of aryl methyl sites for hydroxylation is 2. The number of esters is 1. The number of para-hydroxylation sites is 1.